The summed E-state index contributed by atoms with van der Waals surface area (Å²) in [5.74, 6) is -0.154. The number of sulfonamides is 1. The molecule has 3 aromatic rings. The highest BCUT2D eigenvalue weighted by Crippen LogP contribution is 2.25. The Morgan fingerprint density at radius 1 is 0.972 bits per heavy atom. The standard InChI is InChI=1S/C28H35FN2O4S/c1-21(2)17-31(36(33,34)26-14-10-23(11-15-26)28(3,4)5)20-27(32)30(19-25-7-6-16-35-25)18-22-8-12-24(29)13-9-22/h6-16,21H,17-20H2,1-5H3. The summed E-state index contributed by atoms with van der Waals surface area (Å²) in [4.78, 5) is 15.2. The monoisotopic (exact) mass is 514 g/mol. The van der Waals surface area contributed by atoms with Crippen LogP contribution in [0, 0.1) is 11.7 Å². The number of furan rings is 1. The summed E-state index contributed by atoms with van der Waals surface area (Å²) < 4.78 is 47.3. The first-order valence-electron chi connectivity index (χ1n) is 12.0. The number of halogens is 1. The third-order valence-electron chi connectivity index (χ3n) is 5.80. The second-order valence-electron chi connectivity index (χ2n) is 10.4. The maximum atomic E-state index is 13.6. The van der Waals surface area contributed by atoms with Crippen LogP contribution in [0.2, 0.25) is 0 Å². The average Bonchev–Trinajstić information content (AvgIpc) is 3.32. The number of amides is 1. The maximum absolute atomic E-state index is 13.6. The molecule has 0 N–H and O–H groups in total. The lowest BCUT2D eigenvalue weighted by molar-refractivity contribution is -0.133. The SMILES string of the molecule is CC(C)CN(CC(=O)N(Cc1ccc(F)cc1)Cc1ccco1)S(=O)(=O)c1ccc(C(C)(C)C)cc1. The van der Waals surface area contributed by atoms with Gasteiger partial charge in [0.15, 0.2) is 0 Å². The Kier molecular flexibility index (Phi) is 8.74. The van der Waals surface area contributed by atoms with E-state index < -0.39 is 10.0 Å². The van der Waals surface area contributed by atoms with Crippen LogP contribution in [0.1, 0.15) is 51.5 Å². The van der Waals surface area contributed by atoms with Gasteiger partial charge in [0.2, 0.25) is 15.9 Å². The molecule has 0 saturated carbocycles. The topological polar surface area (TPSA) is 70.8 Å². The molecule has 0 unspecified atom stereocenters. The van der Waals surface area contributed by atoms with Gasteiger partial charge in [0.25, 0.3) is 0 Å². The van der Waals surface area contributed by atoms with Crippen LogP contribution in [-0.4, -0.2) is 36.6 Å². The van der Waals surface area contributed by atoms with Crippen molar-refractivity contribution in [1.82, 2.24) is 9.21 Å². The lowest BCUT2D eigenvalue weighted by atomic mass is 9.87. The zero-order valence-corrected chi connectivity index (χ0v) is 22.4. The van der Waals surface area contributed by atoms with Crippen LogP contribution in [0.3, 0.4) is 0 Å². The number of carbonyl (C=O) groups is 1. The molecule has 0 bridgehead atoms. The van der Waals surface area contributed by atoms with Crippen LogP contribution in [0.25, 0.3) is 0 Å². The van der Waals surface area contributed by atoms with Gasteiger partial charge in [-0.3, -0.25) is 4.79 Å². The molecule has 1 heterocycles. The van der Waals surface area contributed by atoms with Crippen molar-refractivity contribution >= 4 is 15.9 Å². The maximum Gasteiger partial charge on any atom is 0.243 e. The lowest BCUT2D eigenvalue weighted by Gasteiger charge is -2.28. The first-order chi connectivity index (χ1) is 16.9. The molecule has 1 amide bonds. The van der Waals surface area contributed by atoms with Gasteiger partial charge in [0.05, 0.1) is 24.2 Å². The van der Waals surface area contributed by atoms with E-state index in [0.717, 1.165) is 11.1 Å². The first-order valence-corrected chi connectivity index (χ1v) is 13.5. The Labute approximate surface area is 213 Å². The van der Waals surface area contributed by atoms with Crippen molar-refractivity contribution in [2.24, 2.45) is 5.92 Å². The summed E-state index contributed by atoms with van der Waals surface area (Å²) in [6, 6.07) is 16.2. The zero-order chi connectivity index (χ0) is 26.5. The summed E-state index contributed by atoms with van der Waals surface area (Å²) in [6.45, 7) is 10.3. The van der Waals surface area contributed by atoms with Crippen molar-refractivity contribution in [3.8, 4) is 0 Å². The van der Waals surface area contributed by atoms with E-state index in [1.807, 2.05) is 26.0 Å². The van der Waals surface area contributed by atoms with E-state index >= 15 is 0 Å². The highest BCUT2D eigenvalue weighted by Gasteiger charge is 2.30. The lowest BCUT2D eigenvalue weighted by Crippen LogP contribution is -2.43. The molecule has 6 nitrogen and oxygen atoms in total. The van der Waals surface area contributed by atoms with Gasteiger partial charge in [0.1, 0.15) is 11.6 Å². The number of hydrogen-bond donors (Lipinski definition) is 0. The Bertz CT molecular complexity index is 1230. The van der Waals surface area contributed by atoms with Crippen molar-refractivity contribution in [1.29, 1.82) is 0 Å². The minimum Gasteiger partial charge on any atom is -0.467 e. The number of carbonyl (C=O) groups excluding carboxylic acids is 1. The molecule has 0 fully saturated rings. The zero-order valence-electron chi connectivity index (χ0n) is 21.6. The molecule has 0 aliphatic rings. The van der Waals surface area contributed by atoms with E-state index in [2.05, 4.69) is 20.8 Å². The van der Waals surface area contributed by atoms with E-state index in [1.165, 1.54) is 27.6 Å². The molecule has 0 radical (unpaired) electrons. The van der Waals surface area contributed by atoms with Crippen molar-refractivity contribution in [2.75, 3.05) is 13.1 Å². The van der Waals surface area contributed by atoms with Crippen molar-refractivity contribution in [3.05, 3.63) is 89.6 Å². The summed E-state index contributed by atoms with van der Waals surface area (Å²) in [6.07, 6.45) is 1.52. The number of hydrogen-bond acceptors (Lipinski definition) is 4. The van der Waals surface area contributed by atoms with Crippen LogP contribution in [0.5, 0.6) is 0 Å². The van der Waals surface area contributed by atoms with Crippen LogP contribution in [0.4, 0.5) is 4.39 Å². The summed E-state index contributed by atoms with van der Waals surface area (Å²) >= 11 is 0. The number of nitrogens with zero attached hydrogens (tertiary/aromatic N) is 2. The molecule has 36 heavy (non-hydrogen) atoms. The molecule has 0 saturated heterocycles. The Balaban J connectivity index is 1.87. The summed E-state index contributed by atoms with van der Waals surface area (Å²) in [5, 5.41) is 0. The van der Waals surface area contributed by atoms with E-state index in [0.29, 0.717) is 5.76 Å². The van der Waals surface area contributed by atoms with Gasteiger partial charge >= 0.3 is 0 Å². The smallest absolute Gasteiger partial charge is 0.243 e. The second kappa shape index (κ2) is 11.4. The molecular weight excluding hydrogens is 479 g/mol. The fourth-order valence-corrected chi connectivity index (χ4v) is 5.37. The van der Waals surface area contributed by atoms with Crippen LogP contribution >= 0.6 is 0 Å². The summed E-state index contributed by atoms with van der Waals surface area (Å²) in [5.41, 5.74) is 1.65. The molecule has 2 aromatic carbocycles. The van der Waals surface area contributed by atoms with Crippen molar-refractivity contribution in [2.45, 2.75) is 58.0 Å². The minimum absolute atomic E-state index is 0.0112. The van der Waals surface area contributed by atoms with E-state index in [1.54, 1.807) is 36.4 Å². The highest BCUT2D eigenvalue weighted by molar-refractivity contribution is 7.89. The van der Waals surface area contributed by atoms with Gasteiger partial charge in [-0.15, -0.1) is 0 Å². The van der Waals surface area contributed by atoms with E-state index in [9.17, 15) is 17.6 Å². The predicted octanol–water partition coefficient (Wildman–Crippen LogP) is 5.59. The van der Waals surface area contributed by atoms with Crippen LogP contribution in [-0.2, 0) is 33.3 Å². The van der Waals surface area contributed by atoms with Gasteiger partial charge in [-0.2, -0.15) is 4.31 Å². The average molecular weight is 515 g/mol. The Hall–Kier alpha value is -2.97. The molecule has 0 aliphatic carbocycles. The third-order valence-corrected chi connectivity index (χ3v) is 7.63. The molecule has 0 spiro atoms. The second-order valence-corrected chi connectivity index (χ2v) is 12.4. The summed E-state index contributed by atoms with van der Waals surface area (Å²) in [7, 11) is -3.91. The highest BCUT2D eigenvalue weighted by atomic mass is 32.2. The Morgan fingerprint density at radius 3 is 2.14 bits per heavy atom. The van der Waals surface area contributed by atoms with Crippen molar-refractivity contribution in [3.63, 3.8) is 0 Å². The fraction of sp³-hybridized carbons (Fsp3) is 0.393. The first kappa shape index (κ1) is 27.6. The van der Waals surface area contributed by atoms with E-state index in [4.69, 9.17) is 4.42 Å². The molecule has 1 aromatic heterocycles. The Morgan fingerprint density at radius 2 is 1.61 bits per heavy atom. The fourth-order valence-electron chi connectivity index (χ4n) is 3.81. The normalized spacial score (nSPS) is 12.3. The molecule has 194 valence electrons. The van der Waals surface area contributed by atoms with E-state index in [-0.39, 0.29) is 54.1 Å². The van der Waals surface area contributed by atoms with Crippen LogP contribution in [0.15, 0.2) is 76.2 Å². The van der Waals surface area contributed by atoms with Gasteiger partial charge in [-0.1, -0.05) is 58.9 Å². The van der Waals surface area contributed by atoms with Crippen molar-refractivity contribution < 1.29 is 22.0 Å². The van der Waals surface area contributed by atoms with Gasteiger partial charge in [-0.25, -0.2) is 12.8 Å². The predicted molar refractivity (Wildman–Crippen MR) is 138 cm³/mol. The number of rotatable bonds is 10. The van der Waals surface area contributed by atoms with Gasteiger partial charge < -0.3 is 9.32 Å². The minimum atomic E-state index is -3.91. The quantitative estimate of drug-likeness (QED) is 0.354. The molecular formula is C28H35FN2O4S. The van der Waals surface area contributed by atoms with Gasteiger partial charge in [0, 0.05) is 13.1 Å². The molecule has 0 aliphatic heterocycles. The third kappa shape index (κ3) is 7.27. The molecule has 0 atom stereocenters. The molecule has 8 heteroatoms. The van der Waals surface area contributed by atoms with Crippen LogP contribution < -0.4 is 0 Å². The van der Waals surface area contributed by atoms with Gasteiger partial charge in [-0.05, 0) is 58.9 Å². The number of benzene rings is 2. The largest absolute Gasteiger partial charge is 0.467 e. The molecule has 3 rings (SSSR count).